The molecule has 0 bridgehead atoms. The molecule has 0 aromatic heterocycles. The van der Waals surface area contributed by atoms with Gasteiger partial charge in [-0.2, -0.15) is 0 Å². The van der Waals surface area contributed by atoms with Crippen molar-refractivity contribution in [3.8, 4) is 0 Å². The number of aliphatic carboxylic acids is 1. The van der Waals surface area contributed by atoms with E-state index in [0.29, 0.717) is 0 Å². The molecule has 1 saturated heterocycles. The van der Waals surface area contributed by atoms with Crippen molar-refractivity contribution >= 4 is 17.8 Å². The monoisotopic (exact) mass is 241 g/mol. The lowest BCUT2D eigenvalue weighted by Gasteiger charge is -2.34. The Labute approximate surface area is 101 Å². The maximum atomic E-state index is 12.0. The number of hydrogen-bond acceptors (Lipinski definition) is 3. The van der Waals surface area contributed by atoms with Crippen LogP contribution in [0.3, 0.4) is 0 Å². The van der Waals surface area contributed by atoms with Crippen LogP contribution < -0.4 is 0 Å². The van der Waals surface area contributed by atoms with Gasteiger partial charge in [0.25, 0.3) is 0 Å². The zero-order chi connectivity index (χ0) is 13.4. The van der Waals surface area contributed by atoms with Crippen molar-refractivity contribution in [2.45, 2.75) is 46.1 Å². The molecule has 5 heteroatoms. The minimum Gasteiger partial charge on any atom is -0.481 e. The van der Waals surface area contributed by atoms with E-state index in [1.165, 1.54) is 4.90 Å². The third-order valence-corrected chi connectivity index (χ3v) is 3.53. The number of imide groups is 1. The van der Waals surface area contributed by atoms with Crippen molar-refractivity contribution in [1.29, 1.82) is 0 Å². The largest absolute Gasteiger partial charge is 0.481 e. The average molecular weight is 241 g/mol. The number of carboxylic acids is 1. The molecule has 17 heavy (non-hydrogen) atoms. The van der Waals surface area contributed by atoms with E-state index in [0.717, 1.165) is 0 Å². The predicted octanol–water partition coefficient (Wildman–Crippen LogP) is 1.27. The van der Waals surface area contributed by atoms with Gasteiger partial charge in [-0.25, -0.2) is 0 Å². The Morgan fingerprint density at radius 3 is 2.00 bits per heavy atom. The average Bonchev–Trinajstić information content (AvgIpc) is 2.41. The van der Waals surface area contributed by atoms with Gasteiger partial charge in [-0.15, -0.1) is 0 Å². The summed E-state index contributed by atoms with van der Waals surface area (Å²) < 4.78 is 0. The number of carbonyl (C=O) groups excluding carboxylic acids is 2. The summed E-state index contributed by atoms with van der Waals surface area (Å²) in [6.45, 7) is 6.93. The molecule has 0 saturated carbocycles. The van der Waals surface area contributed by atoms with Gasteiger partial charge in [-0.1, -0.05) is 13.8 Å². The van der Waals surface area contributed by atoms with E-state index < -0.39 is 11.5 Å². The second-order valence-corrected chi connectivity index (χ2v) is 5.30. The topological polar surface area (TPSA) is 74.7 Å². The molecule has 2 unspecified atom stereocenters. The fraction of sp³-hybridized carbons (Fsp3) is 0.750. The van der Waals surface area contributed by atoms with Gasteiger partial charge in [-0.05, 0) is 20.3 Å². The minimum atomic E-state index is -0.918. The zero-order valence-corrected chi connectivity index (χ0v) is 10.7. The molecule has 1 fully saturated rings. The maximum absolute atomic E-state index is 12.0. The summed E-state index contributed by atoms with van der Waals surface area (Å²) in [5.74, 6) is -1.94. The summed E-state index contributed by atoms with van der Waals surface area (Å²) >= 11 is 0. The molecule has 2 atom stereocenters. The third kappa shape index (κ3) is 2.48. The highest BCUT2D eigenvalue weighted by Crippen LogP contribution is 2.33. The van der Waals surface area contributed by atoms with E-state index in [1.807, 2.05) is 0 Å². The molecule has 1 aliphatic rings. The van der Waals surface area contributed by atoms with Gasteiger partial charge in [0.1, 0.15) is 0 Å². The second-order valence-electron chi connectivity index (χ2n) is 5.30. The van der Waals surface area contributed by atoms with Crippen molar-refractivity contribution in [2.75, 3.05) is 0 Å². The van der Waals surface area contributed by atoms with Gasteiger partial charge in [0.05, 0.1) is 0 Å². The van der Waals surface area contributed by atoms with E-state index >= 15 is 0 Å². The zero-order valence-electron chi connectivity index (χ0n) is 10.7. The van der Waals surface area contributed by atoms with Crippen LogP contribution in [0.1, 0.15) is 40.5 Å². The van der Waals surface area contributed by atoms with Gasteiger partial charge in [0.2, 0.25) is 11.8 Å². The summed E-state index contributed by atoms with van der Waals surface area (Å²) in [6.07, 6.45) is 0.228. The summed E-state index contributed by atoms with van der Waals surface area (Å²) in [5.41, 5.74) is -0.731. The minimum absolute atomic E-state index is 0.0488. The molecule has 2 amide bonds. The summed E-state index contributed by atoms with van der Waals surface area (Å²) in [6, 6.07) is 0. The molecule has 0 aromatic rings. The number of likely N-dealkylation sites (tertiary alicyclic amines) is 1. The lowest BCUT2D eigenvalue weighted by Crippen LogP contribution is -2.48. The van der Waals surface area contributed by atoms with Crippen LogP contribution in [0.4, 0.5) is 0 Å². The van der Waals surface area contributed by atoms with E-state index in [2.05, 4.69) is 0 Å². The first-order valence-electron chi connectivity index (χ1n) is 5.78. The van der Waals surface area contributed by atoms with Crippen LogP contribution in [0.5, 0.6) is 0 Å². The quantitative estimate of drug-likeness (QED) is 0.752. The number of hydrogen-bond donors (Lipinski definition) is 1. The van der Waals surface area contributed by atoms with E-state index in [9.17, 15) is 14.4 Å². The highest BCUT2D eigenvalue weighted by molar-refractivity contribution is 6.05. The number of nitrogens with zero attached hydrogens (tertiary/aromatic N) is 1. The first-order chi connectivity index (χ1) is 7.68. The van der Waals surface area contributed by atoms with Crippen molar-refractivity contribution in [1.82, 2.24) is 4.90 Å². The number of rotatable bonds is 4. The van der Waals surface area contributed by atoms with Crippen LogP contribution in [0.25, 0.3) is 0 Å². The van der Waals surface area contributed by atoms with Crippen LogP contribution in [-0.4, -0.2) is 33.3 Å². The third-order valence-electron chi connectivity index (χ3n) is 3.53. The molecule has 1 N–H and O–H groups in total. The first-order valence-corrected chi connectivity index (χ1v) is 5.78. The molecule has 1 rings (SSSR count). The smallest absolute Gasteiger partial charge is 0.303 e. The van der Waals surface area contributed by atoms with Crippen molar-refractivity contribution in [2.24, 2.45) is 11.8 Å². The fourth-order valence-corrected chi connectivity index (χ4v) is 2.06. The molecule has 0 aromatic carbocycles. The summed E-state index contributed by atoms with van der Waals surface area (Å²) in [7, 11) is 0. The number of carboxylic acid groups (broad SMARTS) is 1. The van der Waals surface area contributed by atoms with E-state index in [-0.39, 0.29) is 36.5 Å². The normalized spacial score (nSPS) is 25.5. The molecule has 1 heterocycles. The molecule has 5 nitrogen and oxygen atoms in total. The highest BCUT2D eigenvalue weighted by Gasteiger charge is 2.48. The van der Waals surface area contributed by atoms with Crippen molar-refractivity contribution < 1.29 is 19.5 Å². The Kier molecular flexibility index (Phi) is 3.59. The Balaban J connectivity index is 2.87. The summed E-state index contributed by atoms with van der Waals surface area (Å²) in [4.78, 5) is 35.8. The molecule has 0 radical (unpaired) electrons. The second kappa shape index (κ2) is 4.47. The predicted molar refractivity (Wildman–Crippen MR) is 61.1 cm³/mol. The molecule has 1 aliphatic heterocycles. The van der Waals surface area contributed by atoms with E-state index in [1.54, 1.807) is 27.7 Å². The Hall–Kier alpha value is -1.39. The SMILES string of the molecule is CC1C(=O)N(C(C)(C)CCC(=O)O)C(=O)C1C. The lowest BCUT2D eigenvalue weighted by molar-refractivity contribution is -0.148. The molecule has 96 valence electrons. The van der Waals surface area contributed by atoms with Gasteiger partial charge in [0, 0.05) is 23.8 Å². The lowest BCUT2D eigenvalue weighted by atomic mass is 9.96. The Morgan fingerprint density at radius 1 is 1.24 bits per heavy atom. The van der Waals surface area contributed by atoms with Gasteiger partial charge < -0.3 is 5.11 Å². The Bertz CT molecular complexity index is 342. The molecule has 0 spiro atoms. The van der Waals surface area contributed by atoms with Crippen molar-refractivity contribution in [3.63, 3.8) is 0 Å². The van der Waals surface area contributed by atoms with Crippen LogP contribution in [-0.2, 0) is 14.4 Å². The van der Waals surface area contributed by atoms with Gasteiger partial charge >= 0.3 is 5.97 Å². The van der Waals surface area contributed by atoms with Crippen molar-refractivity contribution in [3.05, 3.63) is 0 Å². The molecular weight excluding hydrogens is 222 g/mol. The van der Waals surface area contributed by atoms with Gasteiger partial charge in [-0.3, -0.25) is 19.3 Å². The number of carbonyl (C=O) groups is 3. The molecule has 0 aliphatic carbocycles. The number of amides is 2. The molecular formula is C12H19NO4. The highest BCUT2D eigenvalue weighted by atomic mass is 16.4. The Morgan fingerprint density at radius 2 is 1.65 bits per heavy atom. The van der Waals surface area contributed by atoms with Crippen LogP contribution in [0.2, 0.25) is 0 Å². The van der Waals surface area contributed by atoms with Gasteiger partial charge in [0.15, 0.2) is 0 Å². The standard InChI is InChI=1S/C12H19NO4/c1-7-8(2)11(17)13(10(7)16)12(3,4)6-5-9(14)15/h7-8H,5-6H2,1-4H3,(H,14,15). The fourth-order valence-electron chi connectivity index (χ4n) is 2.06. The first kappa shape index (κ1) is 13.7. The summed E-state index contributed by atoms with van der Waals surface area (Å²) in [5, 5.41) is 8.67. The van der Waals surface area contributed by atoms with E-state index in [4.69, 9.17) is 5.11 Å². The van der Waals surface area contributed by atoms with Crippen LogP contribution in [0.15, 0.2) is 0 Å². The maximum Gasteiger partial charge on any atom is 0.303 e. The van der Waals surface area contributed by atoms with Crippen LogP contribution >= 0.6 is 0 Å². The van der Waals surface area contributed by atoms with Crippen LogP contribution in [0, 0.1) is 11.8 Å².